The monoisotopic (exact) mass is 209 g/mol. The zero-order valence-corrected chi connectivity index (χ0v) is 8.66. The summed E-state index contributed by atoms with van der Waals surface area (Å²) < 4.78 is 18.3. The molecule has 0 amide bonds. The minimum Gasteiger partial charge on any atom is -0.381 e. The molecule has 0 bridgehead atoms. The Morgan fingerprint density at radius 3 is 3.07 bits per heavy atom. The van der Waals surface area contributed by atoms with Gasteiger partial charge in [-0.05, 0) is 30.5 Å². The predicted molar refractivity (Wildman–Crippen MR) is 57.0 cm³/mol. The van der Waals surface area contributed by atoms with Crippen LogP contribution in [0.3, 0.4) is 0 Å². The Morgan fingerprint density at radius 2 is 2.33 bits per heavy atom. The maximum absolute atomic E-state index is 13.0. The van der Waals surface area contributed by atoms with Crippen LogP contribution >= 0.6 is 0 Å². The number of rotatable bonds is 2. The highest BCUT2D eigenvalue weighted by Gasteiger charge is 2.22. The van der Waals surface area contributed by atoms with E-state index in [0.717, 1.165) is 25.0 Å². The molecule has 0 radical (unpaired) electrons. The Labute approximate surface area is 89.2 Å². The van der Waals surface area contributed by atoms with Crippen LogP contribution in [-0.2, 0) is 11.2 Å². The second kappa shape index (κ2) is 4.73. The Morgan fingerprint density at radius 1 is 1.47 bits per heavy atom. The first-order valence-electron chi connectivity index (χ1n) is 5.33. The molecule has 2 rings (SSSR count). The van der Waals surface area contributed by atoms with Crippen molar-refractivity contribution in [3.63, 3.8) is 0 Å². The summed E-state index contributed by atoms with van der Waals surface area (Å²) in [7, 11) is 0. The van der Waals surface area contributed by atoms with Gasteiger partial charge >= 0.3 is 0 Å². The van der Waals surface area contributed by atoms with Crippen molar-refractivity contribution < 1.29 is 9.13 Å². The van der Waals surface area contributed by atoms with Gasteiger partial charge in [0.25, 0.3) is 0 Å². The van der Waals surface area contributed by atoms with Crippen LogP contribution in [0.4, 0.5) is 4.39 Å². The first kappa shape index (κ1) is 10.6. The Kier molecular flexibility index (Phi) is 3.34. The molecule has 2 nitrogen and oxygen atoms in total. The number of ether oxygens (including phenoxy) is 1. The molecule has 3 heteroatoms. The summed E-state index contributed by atoms with van der Waals surface area (Å²) in [6, 6.07) is 6.88. The van der Waals surface area contributed by atoms with Gasteiger partial charge in [0.2, 0.25) is 0 Å². The van der Waals surface area contributed by atoms with Gasteiger partial charge in [-0.1, -0.05) is 12.1 Å². The van der Waals surface area contributed by atoms with Gasteiger partial charge in [0.05, 0.1) is 6.61 Å². The molecule has 1 aromatic rings. The Bertz CT molecular complexity index is 329. The van der Waals surface area contributed by atoms with E-state index in [1.807, 2.05) is 6.07 Å². The third-order valence-corrected chi connectivity index (χ3v) is 2.92. The first-order chi connectivity index (χ1) is 7.25. The molecule has 1 aliphatic heterocycles. The lowest BCUT2D eigenvalue weighted by Crippen LogP contribution is -2.39. The summed E-state index contributed by atoms with van der Waals surface area (Å²) in [5, 5.41) is 0. The van der Waals surface area contributed by atoms with Crippen LogP contribution in [-0.4, -0.2) is 19.3 Å². The standard InChI is InChI=1S/C12H16FNO/c13-11-3-1-2-9(7-11)6-10-8-15-5-4-12(10)14/h1-3,7,10,12H,4-6,8,14H2/t10-,12+/m1/s1. The fourth-order valence-electron chi connectivity index (χ4n) is 1.99. The molecular formula is C12H16FNO. The van der Waals surface area contributed by atoms with Crippen LogP contribution in [0.1, 0.15) is 12.0 Å². The summed E-state index contributed by atoms with van der Waals surface area (Å²) >= 11 is 0. The number of benzene rings is 1. The molecule has 2 atom stereocenters. The van der Waals surface area contributed by atoms with Crippen molar-refractivity contribution in [3.05, 3.63) is 35.6 Å². The predicted octanol–water partition coefficient (Wildman–Crippen LogP) is 1.73. The number of hydrogen-bond acceptors (Lipinski definition) is 2. The number of halogens is 1. The van der Waals surface area contributed by atoms with Crippen molar-refractivity contribution in [1.82, 2.24) is 0 Å². The average Bonchev–Trinajstić information content (AvgIpc) is 2.22. The molecule has 2 N–H and O–H groups in total. The normalized spacial score (nSPS) is 26.5. The largest absolute Gasteiger partial charge is 0.381 e. The lowest BCUT2D eigenvalue weighted by molar-refractivity contribution is 0.0422. The van der Waals surface area contributed by atoms with E-state index in [-0.39, 0.29) is 11.9 Å². The van der Waals surface area contributed by atoms with E-state index in [2.05, 4.69) is 0 Å². The molecule has 1 saturated heterocycles. The van der Waals surface area contributed by atoms with E-state index in [4.69, 9.17) is 10.5 Å². The summed E-state index contributed by atoms with van der Waals surface area (Å²) in [5.41, 5.74) is 6.99. The molecule has 82 valence electrons. The quantitative estimate of drug-likeness (QED) is 0.805. The van der Waals surface area contributed by atoms with Crippen LogP contribution in [0.15, 0.2) is 24.3 Å². The Balaban J connectivity index is 2.01. The maximum atomic E-state index is 13.0. The molecule has 0 spiro atoms. The van der Waals surface area contributed by atoms with Crippen molar-refractivity contribution in [2.45, 2.75) is 18.9 Å². The van der Waals surface area contributed by atoms with Crippen molar-refractivity contribution in [2.24, 2.45) is 11.7 Å². The topological polar surface area (TPSA) is 35.2 Å². The van der Waals surface area contributed by atoms with E-state index in [1.54, 1.807) is 12.1 Å². The fourth-order valence-corrected chi connectivity index (χ4v) is 1.99. The summed E-state index contributed by atoms with van der Waals surface area (Å²) in [4.78, 5) is 0. The van der Waals surface area contributed by atoms with Gasteiger partial charge < -0.3 is 10.5 Å². The number of hydrogen-bond donors (Lipinski definition) is 1. The van der Waals surface area contributed by atoms with Gasteiger partial charge in [0.1, 0.15) is 5.82 Å². The van der Waals surface area contributed by atoms with Crippen molar-refractivity contribution in [1.29, 1.82) is 0 Å². The van der Waals surface area contributed by atoms with Gasteiger partial charge in [-0.3, -0.25) is 0 Å². The van der Waals surface area contributed by atoms with E-state index in [1.165, 1.54) is 6.07 Å². The van der Waals surface area contributed by atoms with E-state index >= 15 is 0 Å². The van der Waals surface area contributed by atoms with E-state index in [0.29, 0.717) is 12.5 Å². The van der Waals surface area contributed by atoms with Gasteiger partial charge in [0.15, 0.2) is 0 Å². The second-order valence-electron chi connectivity index (χ2n) is 4.12. The third-order valence-electron chi connectivity index (χ3n) is 2.92. The molecule has 15 heavy (non-hydrogen) atoms. The molecule has 0 aromatic heterocycles. The molecule has 1 fully saturated rings. The van der Waals surface area contributed by atoms with Crippen LogP contribution in [0, 0.1) is 11.7 Å². The SMILES string of the molecule is N[C@H]1CCOC[C@H]1Cc1cccc(F)c1. The minimum atomic E-state index is -0.183. The highest BCUT2D eigenvalue weighted by atomic mass is 19.1. The van der Waals surface area contributed by atoms with E-state index in [9.17, 15) is 4.39 Å². The molecular weight excluding hydrogens is 193 g/mol. The molecule has 1 heterocycles. The molecule has 1 aromatic carbocycles. The summed E-state index contributed by atoms with van der Waals surface area (Å²) in [6.45, 7) is 1.44. The van der Waals surface area contributed by atoms with Crippen LogP contribution in [0.2, 0.25) is 0 Å². The first-order valence-corrected chi connectivity index (χ1v) is 5.33. The number of nitrogens with two attached hydrogens (primary N) is 1. The molecule has 0 saturated carbocycles. The van der Waals surface area contributed by atoms with Crippen LogP contribution in [0.25, 0.3) is 0 Å². The second-order valence-corrected chi connectivity index (χ2v) is 4.12. The molecule has 0 aliphatic carbocycles. The zero-order chi connectivity index (χ0) is 10.7. The van der Waals surface area contributed by atoms with Gasteiger partial charge in [0, 0.05) is 18.6 Å². The van der Waals surface area contributed by atoms with Crippen LogP contribution in [0.5, 0.6) is 0 Å². The van der Waals surface area contributed by atoms with Crippen molar-refractivity contribution in [3.8, 4) is 0 Å². The smallest absolute Gasteiger partial charge is 0.123 e. The summed E-state index contributed by atoms with van der Waals surface area (Å²) in [5.74, 6) is 0.137. The average molecular weight is 209 g/mol. The highest BCUT2D eigenvalue weighted by molar-refractivity contribution is 5.17. The lowest BCUT2D eigenvalue weighted by Gasteiger charge is -2.28. The maximum Gasteiger partial charge on any atom is 0.123 e. The van der Waals surface area contributed by atoms with Gasteiger partial charge in [-0.25, -0.2) is 4.39 Å². The summed E-state index contributed by atoms with van der Waals surface area (Å²) in [6.07, 6.45) is 1.71. The third kappa shape index (κ3) is 2.76. The highest BCUT2D eigenvalue weighted by Crippen LogP contribution is 2.18. The van der Waals surface area contributed by atoms with Gasteiger partial charge in [-0.2, -0.15) is 0 Å². The van der Waals surface area contributed by atoms with E-state index < -0.39 is 0 Å². The van der Waals surface area contributed by atoms with Crippen molar-refractivity contribution in [2.75, 3.05) is 13.2 Å². The molecule has 0 unspecified atom stereocenters. The van der Waals surface area contributed by atoms with Crippen LogP contribution < -0.4 is 5.73 Å². The Hall–Kier alpha value is -0.930. The minimum absolute atomic E-state index is 0.182. The fraction of sp³-hybridized carbons (Fsp3) is 0.500. The molecule has 1 aliphatic rings. The lowest BCUT2D eigenvalue weighted by atomic mass is 9.90. The zero-order valence-electron chi connectivity index (χ0n) is 8.66. The van der Waals surface area contributed by atoms with Gasteiger partial charge in [-0.15, -0.1) is 0 Å². The van der Waals surface area contributed by atoms with Crippen molar-refractivity contribution >= 4 is 0 Å².